The second-order valence-electron chi connectivity index (χ2n) is 6.49. The Balaban J connectivity index is 2.09. The van der Waals surface area contributed by atoms with E-state index in [-0.39, 0.29) is 28.5 Å². The molecule has 0 spiro atoms. The van der Waals surface area contributed by atoms with E-state index >= 15 is 0 Å². The van der Waals surface area contributed by atoms with Crippen molar-refractivity contribution < 1.29 is 22.3 Å². The van der Waals surface area contributed by atoms with Crippen molar-refractivity contribution in [3.63, 3.8) is 0 Å². The summed E-state index contributed by atoms with van der Waals surface area (Å²) in [5.74, 6) is -1.54. The minimum Gasteiger partial charge on any atom is -0.461 e. The van der Waals surface area contributed by atoms with Crippen molar-refractivity contribution in [2.45, 2.75) is 24.5 Å². The molecule has 0 atom stereocenters. The van der Waals surface area contributed by atoms with Gasteiger partial charge in [-0.15, -0.1) is 0 Å². The van der Waals surface area contributed by atoms with E-state index in [0.29, 0.717) is 16.9 Å². The number of hydrogen-bond donors (Lipinski definition) is 0. The normalized spacial score (nSPS) is 14.2. The molecule has 0 saturated carbocycles. The second kappa shape index (κ2) is 6.56. The average Bonchev–Trinajstić information content (AvgIpc) is 3.02. The van der Waals surface area contributed by atoms with Crippen molar-refractivity contribution >= 4 is 15.8 Å². The van der Waals surface area contributed by atoms with Gasteiger partial charge < -0.3 is 4.74 Å². The molecule has 2 heterocycles. The SMILES string of the molecule is CCOC(=O)c1nn(-c2cc(F)ccc2C)c2c1CS(=O)(=O)c1ccccc1-2. The Bertz CT molecular complexity index is 1210. The number of nitrogens with zero attached hydrogens (tertiary/aromatic N) is 2. The molecule has 8 heteroatoms. The molecule has 1 aromatic heterocycles. The molecule has 2 aromatic carbocycles. The third-order valence-electron chi connectivity index (χ3n) is 4.66. The summed E-state index contributed by atoms with van der Waals surface area (Å²) in [5.41, 5.74) is 2.24. The molecule has 144 valence electrons. The maximum absolute atomic E-state index is 13.9. The van der Waals surface area contributed by atoms with Crippen LogP contribution in [-0.4, -0.2) is 30.8 Å². The zero-order valence-electron chi connectivity index (χ0n) is 15.3. The summed E-state index contributed by atoms with van der Waals surface area (Å²) in [5, 5.41) is 4.36. The van der Waals surface area contributed by atoms with E-state index in [2.05, 4.69) is 5.10 Å². The van der Waals surface area contributed by atoms with Crippen molar-refractivity contribution in [1.29, 1.82) is 0 Å². The second-order valence-corrected chi connectivity index (χ2v) is 8.45. The van der Waals surface area contributed by atoms with Crippen molar-refractivity contribution in [3.05, 3.63) is 65.1 Å². The molecule has 6 nitrogen and oxygen atoms in total. The Labute approximate surface area is 161 Å². The number of halogens is 1. The maximum Gasteiger partial charge on any atom is 0.359 e. The Hall–Kier alpha value is -3.00. The Morgan fingerprint density at radius 3 is 2.75 bits per heavy atom. The number of aryl methyl sites for hydroxylation is 1. The standard InChI is InChI=1S/C20H17FN2O4S/c1-3-27-20(24)18-15-11-28(25,26)17-7-5-4-6-14(17)19(15)23(22-18)16-10-13(21)9-8-12(16)2/h4-10H,3,11H2,1-2H3. The lowest BCUT2D eigenvalue weighted by Gasteiger charge is -2.19. The molecule has 1 aliphatic heterocycles. The van der Waals surface area contributed by atoms with E-state index < -0.39 is 21.6 Å². The van der Waals surface area contributed by atoms with Gasteiger partial charge >= 0.3 is 5.97 Å². The van der Waals surface area contributed by atoms with E-state index in [1.54, 1.807) is 38.1 Å². The van der Waals surface area contributed by atoms with Gasteiger partial charge in [0.25, 0.3) is 0 Å². The van der Waals surface area contributed by atoms with Gasteiger partial charge in [-0.25, -0.2) is 22.3 Å². The molecule has 4 rings (SSSR count). The van der Waals surface area contributed by atoms with Gasteiger partial charge in [-0.2, -0.15) is 5.10 Å². The molecular formula is C20H17FN2O4S. The van der Waals surface area contributed by atoms with Crippen LogP contribution in [0.25, 0.3) is 16.9 Å². The first-order valence-electron chi connectivity index (χ1n) is 8.71. The number of rotatable bonds is 3. The van der Waals surface area contributed by atoms with Gasteiger partial charge in [0.15, 0.2) is 15.5 Å². The lowest BCUT2D eigenvalue weighted by atomic mass is 10.1. The summed E-state index contributed by atoms with van der Waals surface area (Å²) in [4.78, 5) is 12.6. The molecule has 0 unspecified atom stereocenters. The lowest BCUT2D eigenvalue weighted by molar-refractivity contribution is 0.0518. The van der Waals surface area contributed by atoms with Crippen molar-refractivity contribution in [1.82, 2.24) is 9.78 Å². The summed E-state index contributed by atoms with van der Waals surface area (Å²) in [7, 11) is -3.65. The van der Waals surface area contributed by atoms with Crippen LogP contribution >= 0.6 is 0 Å². The molecule has 1 aliphatic rings. The van der Waals surface area contributed by atoms with Crippen LogP contribution in [0.3, 0.4) is 0 Å². The van der Waals surface area contributed by atoms with Crippen LogP contribution in [0.4, 0.5) is 4.39 Å². The fraction of sp³-hybridized carbons (Fsp3) is 0.200. The fourth-order valence-electron chi connectivity index (χ4n) is 3.41. The molecule has 0 saturated heterocycles. The van der Waals surface area contributed by atoms with Crippen LogP contribution in [0, 0.1) is 12.7 Å². The lowest BCUT2D eigenvalue weighted by Crippen LogP contribution is -2.16. The van der Waals surface area contributed by atoms with E-state index in [0.717, 1.165) is 5.56 Å². The number of carbonyl (C=O) groups excluding carboxylic acids is 1. The Morgan fingerprint density at radius 1 is 1.25 bits per heavy atom. The van der Waals surface area contributed by atoms with E-state index in [1.165, 1.54) is 22.9 Å². The van der Waals surface area contributed by atoms with Crippen LogP contribution in [0.2, 0.25) is 0 Å². The molecule has 0 amide bonds. The van der Waals surface area contributed by atoms with Gasteiger partial charge in [-0.05, 0) is 37.6 Å². The highest BCUT2D eigenvalue weighted by atomic mass is 32.2. The minimum atomic E-state index is -3.65. The van der Waals surface area contributed by atoms with Crippen LogP contribution < -0.4 is 0 Å². The maximum atomic E-state index is 13.9. The van der Waals surface area contributed by atoms with Crippen molar-refractivity contribution in [3.8, 4) is 16.9 Å². The highest BCUT2D eigenvalue weighted by Gasteiger charge is 2.36. The summed E-state index contributed by atoms with van der Waals surface area (Å²) in [6.45, 7) is 3.57. The quantitative estimate of drug-likeness (QED) is 0.629. The first kappa shape index (κ1) is 18.4. The first-order chi connectivity index (χ1) is 13.3. The van der Waals surface area contributed by atoms with E-state index in [4.69, 9.17) is 4.74 Å². The predicted octanol–water partition coefficient (Wildman–Crippen LogP) is 3.45. The number of benzene rings is 2. The van der Waals surface area contributed by atoms with Crippen molar-refractivity contribution in [2.75, 3.05) is 6.61 Å². The molecule has 0 N–H and O–H groups in total. The van der Waals surface area contributed by atoms with E-state index in [1.807, 2.05) is 0 Å². The predicted molar refractivity (Wildman–Crippen MR) is 101 cm³/mol. The van der Waals surface area contributed by atoms with E-state index in [9.17, 15) is 17.6 Å². The molecule has 3 aromatic rings. The van der Waals surface area contributed by atoms with Crippen molar-refractivity contribution in [2.24, 2.45) is 0 Å². The molecule has 0 radical (unpaired) electrons. The third kappa shape index (κ3) is 2.80. The smallest absolute Gasteiger partial charge is 0.359 e. The zero-order chi connectivity index (χ0) is 20.1. The topological polar surface area (TPSA) is 78.3 Å². The van der Waals surface area contributed by atoms with Crippen LogP contribution in [-0.2, 0) is 20.3 Å². The highest BCUT2D eigenvalue weighted by Crippen LogP contribution is 2.41. The molecule has 0 bridgehead atoms. The first-order valence-corrected chi connectivity index (χ1v) is 10.4. The van der Waals surface area contributed by atoms with Gasteiger partial charge in [0.1, 0.15) is 5.82 Å². The number of aromatic nitrogens is 2. The average molecular weight is 400 g/mol. The number of carbonyl (C=O) groups is 1. The highest BCUT2D eigenvalue weighted by molar-refractivity contribution is 7.90. The largest absolute Gasteiger partial charge is 0.461 e. The number of ether oxygens (including phenoxy) is 1. The number of esters is 1. The Kier molecular flexibility index (Phi) is 4.30. The van der Waals surface area contributed by atoms with Crippen LogP contribution in [0.1, 0.15) is 28.5 Å². The number of hydrogen-bond acceptors (Lipinski definition) is 5. The summed E-state index contributed by atoms with van der Waals surface area (Å²) >= 11 is 0. The van der Waals surface area contributed by atoms with Crippen LogP contribution in [0.15, 0.2) is 47.4 Å². The third-order valence-corrected chi connectivity index (χ3v) is 6.36. The van der Waals surface area contributed by atoms with Gasteiger partial charge in [0, 0.05) is 11.1 Å². The van der Waals surface area contributed by atoms with Gasteiger partial charge in [-0.1, -0.05) is 24.3 Å². The number of fused-ring (bicyclic) bond motifs is 3. The summed E-state index contributed by atoms with van der Waals surface area (Å²) in [6, 6.07) is 10.8. The Morgan fingerprint density at radius 2 is 2.00 bits per heavy atom. The van der Waals surface area contributed by atoms with Gasteiger partial charge in [0.2, 0.25) is 0 Å². The molecule has 0 fully saturated rings. The number of sulfone groups is 1. The molecule has 28 heavy (non-hydrogen) atoms. The summed E-state index contributed by atoms with van der Waals surface area (Å²) in [6.07, 6.45) is 0. The molecule has 0 aliphatic carbocycles. The van der Waals surface area contributed by atoms with Gasteiger partial charge in [-0.3, -0.25) is 0 Å². The summed E-state index contributed by atoms with van der Waals surface area (Å²) < 4.78 is 46.0. The fourth-order valence-corrected chi connectivity index (χ4v) is 5.01. The van der Waals surface area contributed by atoms with Crippen LogP contribution in [0.5, 0.6) is 0 Å². The zero-order valence-corrected chi connectivity index (χ0v) is 16.1. The monoisotopic (exact) mass is 400 g/mol. The van der Waals surface area contributed by atoms with Gasteiger partial charge in [0.05, 0.1) is 28.6 Å². The molecular weight excluding hydrogens is 383 g/mol. The minimum absolute atomic E-state index is 0.0708.